The molecule has 3 heterocycles. The number of dihydropyridines is 1. The smallest absolute Gasteiger partial charge is 0.431 e. The van der Waals surface area contributed by atoms with Crippen LogP contribution in [-0.4, -0.2) is 24.6 Å². The van der Waals surface area contributed by atoms with Crippen LogP contribution in [0.15, 0.2) is 46.8 Å². The molecule has 1 aromatic carbocycles. The lowest BCUT2D eigenvalue weighted by Crippen LogP contribution is -2.42. The molecule has 169 valence electrons. The molecule has 0 bridgehead atoms. The minimum absolute atomic E-state index is 0.00894. The Morgan fingerprint density at radius 1 is 1.31 bits per heavy atom. The van der Waals surface area contributed by atoms with Gasteiger partial charge in [0.25, 0.3) is 0 Å². The normalized spacial score (nSPS) is 20.4. The Morgan fingerprint density at radius 2 is 2.06 bits per heavy atom. The van der Waals surface area contributed by atoms with Gasteiger partial charge in [-0.15, -0.1) is 0 Å². The van der Waals surface area contributed by atoms with Crippen molar-refractivity contribution in [1.82, 2.24) is 16.0 Å². The first-order valence-electron chi connectivity index (χ1n) is 9.98. The number of hydrogen-bond donors (Lipinski definition) is 3. The second-order valence-electron chi connectivity index (χ2n) is 7.65. The SMILES string of the molecule is CCc1cc(F)c2c(c1)OC[C@H]2NC(=O)CC1=C(C)C2=C(C(F)(F)F)NC=C[C]2NC1=O. The number of carbonyl (C=O) groups is 2. The zero-order valence-corrected chi connectivity index (χ0v) is 17.2. The molecule has 4 rings (SSSR count). The fourth-order valence-corrected chi connectivity index (χ4v) is 4.03. The molecule has 0 spiro atoms. The Hall–Kier alpha value is -3.30. The number of aryl methyl sites for hydroxylation is 1. The maximum absolute atomic E-state index is 14.5. The number of rotatable bonds is 4. The second kappa shape index (κ2) is 7.99. The summed E-state index contributed by atoms with van der Waals surface area (Å²) in [5.74, 6) is -1.46. The Labute approximate surface area is 181 Å². The van der Waals surface area contributed by atoms with E-state index in [4.69, 9.17) is 4.74 Å². The van der Waals surface area contributed by atoms with Gasteiger partial charge in [-0.1, -0.05) is 6.92 Å². The summed E-state index contributed by atoms with van der Waals surface area (Å²) < 4.78 is 60.4. The van der Waals surface area contributed by atoms with E-state index in [2.05, 4.69) is 16.0 Å². The molecule has 2 amide bonds. The summed E-state index contributed by atoms with van der Waals surface area (Å²) in [5.41, 5.74) is -0.309. The molecule has 0 aliphatic carbocycles. The Kier molecular flexibility index (Phi) is 5.47. The highest BCUT2D eigenvalue weighted by Gasteiger charge is 2.43. The maximum atomic E-state index is 14.5. The molecule has 0 unspecified atom stereocenters. The molecule has 3 N–H and O–H groups in total. The Morgan fingerprint density at radius 3 is 2.75 bits per heavy atom. The van der Waals surface area contributed by atoms with Crippen molar-refractivity contribution in [1.29, 1.82) is 0 Å². The fraction of sp³-hybridized carbons (Fsp3) is 0.318. The van der Waals surface area contributed by atoms with E-state index in [0.717, 1.165) is 11.8 Å². The fourth-order valence-electron chi connectivity index (χ4n) is 4.03. The number of alkyl halides is 3. The lowest BCUT2D eigenvalue weighted by atomic mass is 9.86. The molecule has 0 saturated heterocycles. The van der Waals surface area contributed by atoms with Gasteiger partial charge in [0.1, 0.15) is 29.9 Å². The van der Waals surface area contributed by atoms with Crippen LogP contribution in [0.1, 0.15) is 37.4 Å². The number of nitrogens with one attached hydrogen (secondary N) is 3. The predicted molar refractivity (Wildman–Crippen MR) is 106 cm³/mol. The van der Waals surface area contributed by atoms with E-state index in [1.165, 1.54) is 19.1 Å². The summed E-state index contributed by atoms with van der Waals surface area (Å²) in [6, 6.07) is 2.33. The van der Waals surface area contributed by atoms with Crippen LogP contribution in [0.25, 0.3) is 0 Å². The van der Waals surface area contributed by atoms with E-state index >= 15 is 0 Å². The van der Waals surface area contributed by atoms with Crippen LogP contribution in [-0.2, 0) is 16.0 Å². The largest absolute Gasteiger partial charge is 0.491 e. The van der Waals surface area contributed by atoms with E-state index < -0.39 is 42.0 Å². The van der Waals surface area contributed by atoms with Crippen LogP contribution in [0.2, 0.25) is 0 Å². The van der Waals surface area contributed by atoms with Gasteiger partial charge in [0, 0.05) is 11.1 Å². The summed E-state index contributed by atoms with van der Waals surface area (Å²) in [6.07, 6.45) is -2.12. The average molecular weight is 450 g/mol. The minimum Gasteiger partial charge on any atom is -0.491 e. The van der Waals surface area contributed by atoms with Crippen molar-refractivity contribution in [2.24, 2.45) is 0 Å². The topological polar surface area (TPSA) is 79.5 Å². The van der Waals surface area contributed by atoms with Crippen molar-refractivity contribution in [3.8, 4) is 5.75 Å². The summed E-state index contributed by atoms with van der Waals surface area (Å²) >= 11 is 0. The number of benzene rings is 1. The summed E-state index contributed by atoms with van der Waals surface area (Å²) in [6.45, 7) is 3.26. The summed E-state index contributed by atoms with van der Waals surface area (Å²) in [5, 5.41) is 7.20. The van der Waals surface area contributed by atoms with Gasteiger partial charge in [-0.25, -0.2) is 4.39 Å². The first-order chi connectivity index (χ1) is 15.1. The van der Waals surface area contributed by atoms with Gasteiger partial charge in [0.15, 0.2) is 0 Å². The van der Waals surface area contributed by atoms with Crippen molar-refractivity contribution in [2.75, 3.05) is 6.61 Å². The number of halogens is 4. The van der Waals surface area contributed by atoms with Gasteiger partial charge in [-0.05, 0) is 48.9 Å². The van der Waals surface area contributed by atoms with Crippen LogP contribution in [0.5, 0.6) is 5.75 Å². The van der Waals surface area contributed by atoms with Crippen molar-refractivity contribution < 1.29 is 31.9 Å². The van der Waals surface area contributed by atoms with Gasteiger partial charge in [-0.2, -0.15) is 13.2 Å². The number of hydrogen-bond acceptors (Lipinski definition) is 4. The number of fused-ring (bicyclic) bond motifs is 2. The second-order valence-corrected chi connectivity index (χ2v) is 7.65. The lowest BCUT2D eigenvalue weighted by molar-refractivity contribution is -0.123. The van der Waals surface area contributed by atoms with E-state index in [-0.39, 0.29) is 34.9 Å². The zero-order chi connectivity index (χ0) is 23.2. The first-order valence-corrected chi connectivity index (χ1v) is 9.98. The molecule has 6 nitrogen and oxygen atoms in total. The third-order valence-corrected chi connectivity index (χ3v) is 5.62. The molecular formula is C22H20F4N3O3. The van der Waals surface area contributed by atoms with Gasteiger partial charge >= 0.3 is 6.18 Å². The quantitative estimate of drug-likeness (QED) is 0.616. The number of carbonyl (C=O) groups excluding carboxylic acids is 2. The molecule has 3 aliphatic heterocycles. The van der Waals surface area contributed by atoms with Gasteiger partial charge in [0.05, 0.1) is 18.0 Å². The van der Waals surface area contributed by atoms with E-state index in [9.17, 15) is 27.2 Å². The Balaban J connectivity index is 1.58. The summed E-state index contributed by atoms with van der Waals surface area (Å²) in [4.78, 5) is 25.2. The van der Waals surface area contributed by atoms with Gasteiger partial charge < -0.3 is 20.7 Å². The predicted octanol–water partition coefficient (Wildman–Crippen LogP) is 3.24. The number of ether oxygens (including phenoxy) is 1. The molecule has 3 aliphatic rings. The molecular weight excluding hydrogens is 430 g/mol. The van der Waals surface area contributed by atoms with Gasteiger partial charge in [-0.3, -0.25) is 9.59 Å². The van der Waals surface area contributed by atoms with Crippen molar-refractivity contribution in [2.45, 2.75) is 38.9 Å². The first kappa shape index (κ1) is 21.9. The molecule has 0 aromatic heterocycles. The Bertz CT molecular complexity index is 1090. The van der Waals surface area contributed by atoms with Crippen LogP contribution in [0.3, 0.4) is 0 Å². The van der Waals surface area contributed by atoms with Crippen molar-refractivity contribution in [3.63, 3.8) is 0 Å². The zero-order valence-electron chi connectivity index (χ0n) is 17.2. The number of amides is 2. The van der Waals surface area contributed by atoms with Crippen LogP contribution in [0, 0.1) is 11.9 Å². The maximum Gasteiger partial charge on any atom is 0.431 e. The monoisotopic (exact) mass is 450 g/mol. The lowest BCUT2D eigenvalue weighted by Gasteiger charge is -2.32. The molecule has 1 atom stereocenters. The molecule has 0 saturated carbocycles. The third kappa shape index (κ3) is 3.85. The molecule has 1 radical (unpaired) electrons. The highest BCUT2D eigenvalue weighted by molar-refractivity contribution is 6.03. The van der Waals surface area contributed by atoms with Gasteiger partial charge in [0.2, 0.25) is 11.8 Å². The summed E-state index contributed by atoms with van der Waals surface area (Å²) in [7, 11) is 0. The number of allylic oxidation sites excluding steroid dienone is 1. The van der Waals surface area contributed by atoms with Crippen LogP contribution >= 0.6 is 0 Å². The van der Waals surface area contributed by atoms with Crippen LogP contribution in [0.4, 0.5) is 17.6 Å². The highest BCUT2D eigenvalue weighted by Crippen LogP contribution is 2.40. The highest BCUT2D eigenvalue weighted by atomic mass is 19.4. The molecule has 1 aromatic rings. The minimum atomic E-state index is -4.68. The van der Waals surface area contributed by atoms with E-state index in [0.29, 0.717) is 12.2 Å². The standard InChI is InChI=1S/C22H20F4N3O3/c1-3-11-6-13(23)19-15(9-32-16(19)7-11)28-17(30)8-12-10(2)18-14(29-21(12)31)4-5-27-20(18)22(24,25)26/h4-7,15,27H,3,8-9H2,1-2H3,(H,28,30)(H,29,31)/t15-/m1/s1. The van der Waals surface area contributed by atoms with E-state index in [1.54, 1.807) is 6.07 Å². The molecule has 32 heavy (non-hydrogen) atoms. The third-order valence-electron chi connectivity index (χ3n) is 5.62. The van der Waals surface area contributed by atoms with Crippen LogP contribution < -0.4 is 20.7 Å². The molecule has 10 heteroatoms. The molecule has 0 fully saturated rings. The van der Waals surface area contributed by atoms with E-state index in [1.807, 2.05) is 6.92 Å². The van der Waals surface area contributed by atoms with Crippen molar-refractivity contribution in [3.05, 3.63) is 69.8 Å². The average Bonchev–Trinajstić information content (AvgIpc) is 3.12. The van der Waals surface area contributed by atoms with Crippen molar-refractivity contribution >= 4 is 11.8 Å².